The highest BCUT2D eigenvalue weighted by molar-refractivity contribution is 7.26. The molecule has 2 aromatic heterocycles. The molecule has 0 unspecified atom stereocenters. The predicted octanol–water partition coefficient (Wildman–Crippen LogP) is 14.4. The first-order valence-electron chi connectivity index (χ1n) is 17.3. The van der Waals surface area contributed by atoms with Crippen LogP contribution < -0.4 is 4.90 Å². The van der Waals surface area contributed by atoms with Crippen LogP contribution in [0.2, 0.25) is 0 Å². The molecule has 3 heteroatoms. The highest BCUT2D eigenvalue weighted by Crippen LogP contribution is 2.50. The highest BCUT2D eigenvalue weighted by Gasteiger charge is 2.23. The second-order valence-electron chi connectivity index (χ2n) is 12.9. The maximum atomic E-state index is 6.65. The molecular formula is C48H31NOS. The minimum Gasteiger partial charge on any atom is -0.455 e. The summed E-state index contributed by atoms with van der Waals surface area (Å²) < 4.78 is 9.09. The molecule has 0 amide bonds. The Bertz CT molecular complexity index is 2850. The van der Waals surface area contributed by atoms with Gasteiger partial charge in [-0.2, -0.15) is 0 Å². The van der Waals surface area contributed by atoms with E-state index in [1.807, 2.05) is 17.4 Å². The summed E-state index contributed by atoms with van der Waals surface area (Å²) in [5.74, 6) is 0. The van der Waals surface area contributed by atoms with E-state index < -0.39 is 0 Å². The summed E-state index contributed by atoms with van der Waals surface area (Å²) in [6.45, 7) is 0. The minimum absolute atomic E-state index is 0.904. The standard InChI is InChI=1S/C48H31NOS/c1-3-13-32(14-4-1)35-17-11-18-36(29-35)34-25-27-38(28-26-34)49(39-20-12-19-37(30-39)33-15-5-2-6-16-33)43-31-42-40-21-7-9-23-44(40)50-47(42)46-41-22-8-10-24-45(41)51-48(43)46/h1-31H. The molecule has 2 nitrogen and oxygen atoms in total. The number of fused-ring (bicyclic) bond motifs is 7. The topological polar surface area (TPSA) is 16.4 Å². The van der Waals surface area contributed by atoms with E-state index in [0.29, 0.717) is 0 Å². The third-order valence-corrected chi connectivity index (χ3v) is 11.0. The zero-order valence-electron chi connectivity index (χ0n) is 27.7. The van der Waals surface area contributed by atoms with Crippen LogP contribution in [0.1, 0.15) is 0 Å². The second kappa shape index (κ2) is 12.2. The number of furan rings is 1. The summed E-state index contributed by atoms with van der Waals surface area (Å²) in [5.41, 5.74) is 12.3. The normalized spacial score (nSPS) is 11.5. The van der Waals surface area contributed by atoms with Crippen LogP contribution in [0.15, 0.2) is 192 Å². The number of nitrogens with zero attached hydrogens (tertiary/aromatic N) is 1. The van der Waals surface area contributed by atoms with E-state index in [1.54, 1.807) is 0 Å². The van der Waals surface area contributed by atoms with E-state index in [2.05, 4.69) is 187 Å². The Morgan fingerprint density at radius 3 is 1.69 bits per heavy atom. The van der Waals surface area contributed by atoms with E-state index in [1.165, 1.54) is 48.2 Å². The van der Waals surface area contributed by atoms with Crippen LogP contribution in [0.5, 0.6) is 0 Å². The molecule has 0 saturated carbocycles. The monoisotopic (exact) mass is 669 g/mol. The zero-order valence-corrected chi connectivity index (χ0v) is 28.5. The molecule has 0 radical (unpaired) electrons. The molecule has 240 valence electrons. The molecular weight excluding hydrogens is 639 g/mol. The maximum Gasteiger partial charge on any atom is 0.144 e. The van der Waals surface area contributed by atoms with Crippen molar-refractivity contribution in [1.29, 1.82) is 0 Å². The van der Waals surface area contributed by atoms with Crippen molar-refractivity contribution in [3.63, 3.8) is 0 Å². The maximum absolute atomic E-state index is 6.65. The highest BCUT2D eigenvalue weighted by atomic mass is 32.1. The fourth-order valence-electron chi connectivity index (χ4n) is 7.41. The smallest absolute Gasteiger partial charge is 0.144 e. The van der Waals surface area contributed by atoms with Gasteiger partial charge in [-0.25, -0.2) is 0 Å². The van der Waals surface area contributed by atoms with Crippen molar-refractivity contribution in [1.82, 2.24) is 0 Å². The molecule has 51 heavy (non-hydrogen) atoms. The van der Waals surface area contributed by atoms with E-state index in [9.17, 15) is 0 Å². The summed E-state index contributed by atoms with van der Waals surface area (Å²) in [7, 11) is 0. The lowest BCUT2D eigenvalue weighted by Gasteiger charge is -2.27. The van der Waals surface area contributed by atoms with Crippen LogP contribution >= 0.6 is 11.3 Å². The molecule has 8 aromatic carbocycles. The molecule has 0 saturated heterocycles. The van der Waals surface area contributed by atoms with Crippen LogP contribution in [-0.2, 0) is 0 Å². The Morgan fingerprint density at radius 2 is 0.961 bits per heavy atom. The van der Waals surface area contributed by atoms with Gasteiger partial charge in [0.25, 0.3) is 0 Å². The van der Waals surface area contributed by atoms with Crippen molar-refractivity contribution >= 4 is 70.5 Å². The van der Waals surface area contributed by atoms with E-state index >= 15 is 0 Å². The first-order valence-corrected chi connectivity index (χ1v) is 18.1. The van der Waals surface area contributed by atoms with Crippen LogP contribution in [-0.4, -0.2) is 0 Å². The van der Waals surface area contributed by atoms with Crippen LogP contribution in [0.25, 0.3) is 75.5 Å². The molecule has 10 rings (SSSR count). The molecule has 0 spiro atoms. The molecule has 0 bridgehead atoms. The summed E-state index contributed by atoms with van der Waals surface area (Å²) >= 11 is 1.83. The van der Waals surface area contributed by atoms with Crippen LogP contribution in [0.3, 0.4) is 0 Å². The van der Waals surface area contributed by atoms with Gasteiger partial charge in [-0.3, -0.25) is 0 Å². The molecule has 10 aromatic rings. The number of rotatable bonds is 6. The molecule has 0 atom stereocenters. The summed E-state index contributed by atoms with van der Waals surface area (Å²) in [6.07, 6.45) is 0. The van der Waals surface area contributed by atoms with Gasteiger partial charge in [0.1, 0.15) is 11.2 Å². The van der Waals surface area contributed by atoms with Crippen molar-refractivity contribution in [3.05, 3.63) is 188 Å². The fourth-order valence-corrected chi connectivity index (χ4v) is 8.61. The average molecular weight is 670 g/mol. The number of anilines is 3. The molecule has 0 N–H and O–H groups in total. The predicted molar refractivity (Wildman–Crippen MR) is 218 cm³/mol. The van der Waals surface area contributed by atoms with Gasteiger partial charge in [0.05, 0.1) is 10.4 Å². The van der Waals surface area contributed by atoms with Crippen molar-refractivity contribution in [2.75, 3.05) is 4.90 Å². The number of para-hydroxylation sites is 1. The van der Waals surface area contributed by atoms with E-state index in [4.69, 9.17) is 4.42 Å². The summed E-state index contributed by atoms with van der Waals surface area (Å²) in [4.78, 5) is 2.43. The SMILES string of the molecule is c1ccc(-c2cccc(-c3ccc(N(c4cccc(-c5ccccc5)c4)c4cc5c6ccccc6oc5c5c4sc4ccccc45)cc3)c2)cc1. The third kappa shape index (κ3) is 5.10. The largest absolute Gasteiger partial charge is 0.455 e. The van der Waals surface area contributed by atoms with Gasteiger partial charge in [-0.1, -0.05) is 140 Å². The van der Waals surface area contributed by atoms with Gasteiger partial charge < -0.3 is 9.32 Å². The Balaban J connectivity index is 1.20. The van der Waals surface area contributed by atoms with Gasteiger partial charge >= 0.3 is 0 Å². The van der Waals surface area contributed by atoms with Gasteiger partial charge in [0.2, 0.25) is 0 Å². The summed E-state index contributed by atoms with van der Waals surface area (Å²) in [5, 5.41) is 4.63. The lowest BCUT2D eigenvalue weighted by atomic mass is 9.98. The Kier molecular flexibility index (Phi) is 7.04. The number of hydrogen-bond acceptors (Lipinski definition) is 3. The fraction of sp³-hybridized carbons (Fsp3) is 0. The zero-order chi connectivity index (χ0) is 33.7. The Hall–Kier alpha value is -6.42. The van der Waals surface area contributed by atoms with Gasteiger partial charge in [0.15, 0.2) is 0 Å². The van der Waals surface area contributed by atoms with Crippen LogP contribution in [0, 0.1) is 0 Å². The first kappa shape index (κ1) is 29.5. The van der Waals surface area contributed by atoms with Crippen molar-refractivity contribution in [2.45, 2.75) is 0 Å². The Labute approximate surface area is 300 Å². The lowest BCUT2D eigenvalue weighted by Crippen LogP contribution is -2.10. The van der Waals surface area contributed by atoms with E-state index in [0.717, 1.165) is 44.4 Å². The molecule has 0 fully saturated rings. The van der Waals surface area contributed by atoms with Crippen molar-refractivity contribution in [3.8, 4) is 33.4 Å². The third-order valence-electron chi connectivity index (χ3n) is 9.85. The van der Waals surface area contributed by atoms with Crippen molar-refractivity contribution < 1.29 is 4.42 Å². The van der Waals surface area contributed by atoms with Gasteiger partial charge in [-0.15, -0.1) is 11.3 Å². The Morgan fingerprint density at radius 1 is 0.392 bits per heavy atom. The lowest BCUT2D eigenvalue weighted by molar-refractivity contribution is 0.673. The molecule has 0 aliphatic carbocycles. The average Bonchev–Trinajstić information content (AvgIpc) is 3.78. The van der Waals surface area contributed by atoms with Gasteiger partial charge in [-0.05, 0) is 81.9 Å². The second-order valence-corrected chi connectivity index (χ2v) is 14.0. The van der Waals surface area contributed by atoms with Crippen LogP contribution in [0.4, 0.5) is 17.1 Å². The van der Waals surface area contributed by atoms with Gasteiger partial charge in [0, 0.05) is 37.6 Å². The van der Waals surface area contributed by atoms with E-state index in [-0.39, 0.29) is 0 Å². The summed E-state index contributed by atoms with van der Waals surface area (Å²) in [6, 6.07) is 67.4. The number of thiophene rings is 1. The quantitative estimate of drug-likeness (QED) is 0.175. The first-order chi connectivity index (χ1) is 25.3. The molecule has 0 aliphatic rings. The molecule has 0 aliphatic heterocycles. The number of hydrogen-bond donors (Lipinski definition) is 0. The minimum atomic E-state index is 0.904. The number of benzene rings is 8. The van der Waals surface area contributed by atoms with Crippen molar-refractivity contribution in [2.24, 2.45) is 0 Å². The molecule has 2 heterocycles.